The molecule has 0 bridgehead atoms. The lowest BCUT2D eigenvalue weighted by molar-refractivity contribution is -0.134. The summed E-state index contributed by atoms with van der Waals surface area (Å²) in [6.07, 6.45) is 2.32. The second-order valence-corrected chi connectivity index (χ2v) is 5.85. The number of nitrogens with two attached hydrogens (primary N) is 1. The van der Waals surface area contributed by atoms with Gasteiger partial charge in [-0.25, -0.2) is 0 Å². The first-order valence-electron chi connectivity index (χ1n) is 7.18. The number of carbonyl (C=O) groups excluding carboxylic acids is 1. The van der Waals surface area contributed by atoms with Gasteiger partial charge in [0.05, 0.1) is 5.92 Å². The van der Waals surface area contributed by atoms with Crippen LogP contribution in [0.2, 0.25) is 0 Å². The van der Waals surface area contributed by atoms with Crippen molar-refractivity contribution in [3.8, 4) is 0 Å². The van der Waals surface area contributed by atoms with Crippen LogP contribution in [0.3, 0.4) is 0 Å². The van der Waals surface area contributed by atoms with E-state index in [0.29, 0.717) is 5.92 Å². The highest BCUT2D eigenvalue weighted by atomic mass is 35.5. The summed E-state index contributed by atoms with van der Waals surface area (Å²) < 4.78 is 0. The normalized spacial score (nSPS) is 21.1. The zero-order valence-electron chi connectivity index (χ0n) is 13.2. The number of hydrogen-bond acceptors (Lipinski definition) is 3. The van der Waals surface area contributed by atoms with Crippen LogP contribution in [0.5, 0.6) is 0 Å². The van der Waals surface area contributed by atoms with Crippen LogP contribution in [-0.2, 0) is 4.79 Å². The van der Waals surface area contributed by atoms with E-state index < -0.39 is 0 Å². The third kappa shape index (κ3) is 6.61. The summed E-state index contributed by atoms with van der Waals surface area (Å²) in [6.45, 7) is 10.1. The van der Waals surface area contributed by atoms with Crippen molar-refractivity contribution < 1.29 is 4.79 Å². The number of likely N-dealkylation sites (tertiary alicyclic amines) is 1. The molecule has 2 N–H and O–H groups in total. The first-order chi connectivity index (χ1) is 8.45. The van der Waals surface area contributed by atoms with Gasteiger partial charge in [0.1, 0.15) is 0 Å². The molecule has 1 heterocycles. The molecule has 0 radical (unpaired) electrons. The van der Waals surface area contributed by atoms with Crippen molar-refractivity contribution in [3.05, 3.63) is 0 Å². The minimum Gasteiger partial charge on any atom is -0.342 e. The first kappa shape index (κ1) is 22.3. The standard InChI is InChI=1S/C14H29N3O.2ClH/c1-5-7-16(4)9-13-6-8-17(10-13)14(18)11(2)12(3)15;;/h11-13H,5-10,15H2,1-4H3;2*1H. The SMILES string of the molecule is CCCN(C)CC1CCN(C(=O)C(C)C(C)N)C1.Cl.Cl. The lowest BCUT2D eigenvalue weighted by Gasteiger charge is -2.24. The molecular weight excluding hydrogens is 297 g/mol. The molecule has 1 fully saturated rings. The molecule has 1 amide bonds. The summed E-state index contributed by atoms with van der Waals surface area (Å²) in [4.78, 5) is 16.5. The fraction of sp³-hybridized carbons (Fsp3) is 0.929. The Kier molecular flexibility index (Phi) is 11.9. The summed E-state index contributed by atoms with van der Waals surface area (Å²) in [6, 6.07) is -0.0562. The van der Waals surface area contributed by atoms with Gasteiger partial charge in [0.15, 0.2) is 0 Å². The highest BCUT2D eigenvalue weighted by molar-refractivity contribution is 5.85. The first-order valence-corrected chi connectivity index (χ1v) is 7.18. The molecule has 3 unspecified atom stereocenters. The van der Waals surface area contributed by atoms with Gasteiger partial charge in [-0.2, -0.15) is 0 Å². The molecule has 1 rings (SSSR count). The second kappa shape index (κ2) is 10.7. The van der Waals surface area contributed by atoms with E-state index in [4.69, 9.17) is 5.73 Å². The topological polar surface area (TPSA) is 49.6 Å². The van der Waals surface area contributed by atoms with Gasteiger partial charge < -0.3 is 15.5 Å². The van der Waals surface area contributed by atoms with Gasteiger partial charge in [-0.15, -0.1) is 24.8 Å². The number of halogens is 2. The van der Waals surface area contributed by atoms with Crippen molar-refractivity contribution in [2.45, 2.75) is 39.7 Å². The van der Waals surface area contributed by atoms with Crippen LogP contribution in [0.4, 0.5) is 0 Å². The summed E-state index contributed by atoms with van der Waals surface area (Å²) in [5.41, 5.74) is 5.80. The lowest BCUT2D eigenvalue weighted by atomic mass is 10.0. The summed E-state index contributed by atoms with van der Waals surface area (Å²) in [7, 11) is 2.17. The van der Waals surface area contributed by atoms with E-state index >= 15 is 0 Å². The Hall–Kier alpha value is -0.0300. The van der Waals surface area contributed by atoms with Crippen LogP contribution in [-0.4, -0.2) is 55.0 Å². The fourth-order valence-corrected chi connectivity index (χ4v) is 2.61. The van der Waals surface area contributed by atoms with Gasteiger partial charge >= 0.3 is 0 Å². The molecule has 1 aliphatic heterocycles. The van der Waals surface area contributed by atoms with E-state index in [2.05, 4.69) is 18.9 Å². The van der Waals surface area contributed by atoms with Gasteiger partial charge in [-0.3, -0.25) is 4.79 Å². The van der Waals surface area contributed by atoms with Crippen LogP contribution < -0.4 is 5.73 Å². The largest absolute Gasteiger partial charge is 0.342 e. The highest BCUT2D eigenvalue weighted by Crippen LogP contribution is 2.20. The second-order valence-electron chi connectivity index (χ2n) is 5.85. The smallest absolute Gasteiger partial charge is 0.226 e. The average Bonchev–Trinajstić information content (AvgIpc) is 2.75. The van der Waals surface area contributed by atoms with Crippen molar-refractivity contribution in [3.63, 3.8) is 0 Å². The number of carbonyl (C=O) groups is 1. The van der Waals surface area contributed by atoms with Crippen LogP contribution in [0.15, 0.2) is 0 Å². The van der Waals surface area contributed by atoms with E-state index in [1.165, 1.54) is 6.42 Å². The van der Waals surface area contributed by atoms with E-state index in [1.54, 1.807) is 0 Å². The van der Waals surface area contributed by atoms with E-state index in [0.717, 1.165) is 32.6 Å². The summed E-state index contributed by atoms with van der Waals surface area (Å²) in [5, 5.41) is 0. The predicted molar refractivity (Wildman–Crippen MR) is 89.8 cm³/mol. The molecular formula is C14H31Cl2N3O. The maximum Gasteiger partial charge on any atom is 0.226 e. The number of amides is 1. The average molecular weight is 328 g/mol. The van der Waals surface area contributed by atoms with Crippen molar-refractivity contribution in [1.82, 2.24) is 9.80 Å². The Morgan fingerprint density at radius 1 is 1.40 bits per heavy atom. The van der Waals surface area contributed by atoms with Crippen molar-refractivity contribution in [2.24, 2.45) is 17.6 Å². The van der Waals surface area contributed by atoms with Crippen LogP contribution in [0, 0.1) is 11.8 Å². The molecule has 0 aromatic heterocycles. The zero-order chi connectivity index (χ0) is 13.7. The molecule has 0 spiro atoms. The Bertz CT molecular complexity index is 277. The quantitative estimate of drug-likeness (QED) is 0.811. The lowest BCUT2D eigenvalue weighted by Crippen LogP contribution is -2.41. The van der Waals surface area contributed by atoms with E-state index in [9.17, 15) is 4.79 Å². The maximum atomic E-state index is 12.2. The third-order valence-electron chi connectivity index (χ3n) is 3.95. The fourth-order valence-electron chi connectivity index (χ4n) is 2.61. The molecule has 0 aromatic rings. The summed E-state index contributed by atoms with van der Waals surface area (Å²) in [5.74, 6) is 0.800. The number of hydrogen-bond donors (Lipinski definition) is 1. The number of nitrogens with zero attached hydrogens (tertiary/aromatic N) is 2. The van der Waals surface area contributed by atoms with Gasteiger partial charge in [-0.05, 0) is 39.3 Å². The molecule has 6 heteroatoms. The molecule has 20 heavy (non-hydrogen) atoms. The maximum absolute atomic E-state index is 12.2. The van der Waals surface area contributed by atoms with Crippen LogP contribution in [0.25, 0.3) is 0 Å². The highest BCUT2D eigenvalue weighted by Gasteiger charge is 2.30. The minimum absolute atomic E-state index is 0. The third-order valence-corrected chi connectivity index (χ3v) is 3.95. The van der Waals surface area contributed by atoms with Gasteiger partial charge in [0.25, 0.3) is 0 Å². The van der Waals surface area contributed by atoms with Crippen LogP contribution >= 0.6 is 24.8 Å². The molecule has 0 saturated carbocycles. The Labute approximate surface area is 136 Å². The molecule has 4 nitrogen and oxygen atoms in total. The summed E-state index contributed by atoms with van der Waals surface area (Å²) >= 11 is 0. The van der Waals surface area contributed by atoms with Crippen molar-refractivity contribution in [1.29, 1.82) is 0 Å². The number of rotatable bonds is 6. The van der Waals surface area contributed by atoms with Gasteiger partial charge in [0.2, 0.25) is 5.91 Å². The molecule has 3 atom stereocenters. The van der Waals surface area contributed by atoms with E-state index in [1.807, 2.05) is 18.7 Å². The molecule has 0 aromatic carbocycles. The van der Waals surface area contributed by atoms with Crippen molar-refractivity contribution in [2.75, 3.05) is 33.2 Å². The van der Waals surface area contributed by atoms with E-state index in [-0.39, 0.29) is 42.7 Å². The molecule has 122 valence electrons. The molecule has 1 saturated heterocycles. The predicted octanol–water partition coefficient (Wildman–Crippen LogP) is 2.00. The van der Waals surface area contributed by atoms with Crippen molar-refractivity contribution >= 4 is 30.7 Å². The molecule has 1 aliphatic rings. The zero-order valence-corrected chi connectivity index (χ0v) is 14.8. The van der Waals surface area contributed by atoms with Gasteiger partial charge in [0, 0.05) is 25.7 Å². The monoisotopic (exact) mass is 327 g/mol. The Morgan fingerprint density at radius 3 is 2.50 bits per heavy atom. The minimum atomic E-state index is -0.0582. The Balaban J connectivity index is 0. The van der Waals surface area contributed by atoms with Crippen LogP contribution in [0.1, 0.15) is 33.6 Å². The Morgan fingerprint density at radius 2 is 2.00 bits per heavy atom. The van der Waals surface area contributed by atoms with Gasteiger partial charge in [-0.1, -0.05) is 13.8 Å². The molecule has 0 aliphatic carbocycles.